The van der Waals surface area contributed by atoms with Gasteiger partial charge in [-0.3, -0.25) is 4.79 Å². The zero-order chi connectivity index (χ0) is 24.0. The first-order chi connectivity index (χ1) is 15.5. The molecule has 1 saturated carbocycles. The highest BCUT2D eigenvalue weighted by molar-refractivity contribution is 6.50. The van der Waals surface area contributed by atoms with Gasteiger partial charge in [-0.15, -0.1) is 23.2 Å². The number of alkyl halides is 5. The maximum atomic E-state index is 13.5. The van der Waals surface area contributed by atoms with Crippen LogP contribution in [0.4, 0.5) is 13.2 Å². The Morgan fingerprint density at radius 3 is 2.61 bits per heavy atom. The molecule has 2 heterocycles. The molecule has 0 aliphatic heterocycles. The van der Waals surface area contributed by atoms with E-state index in [9.17, 15) is 18.0 Å². The molecule has 1 amide bonds. The maximum absolute atomic E-state index is 13.5. The molecule has 0 N–H and O–H groups in total. The van der Waals surface area contributed by atoms with Gasteiger partial charge in [0.1, 0.15) is 10.7 Å². The van der Waals surface area contributed by atoms with Gasteiger partial charge in [-0.1, -0.05) is 6.07 Å². The Morgan fingerprint density at radius 2 is 2.00 bits per heavy atom. The van der Waals surface area contributed by atoms with Gasteiger partial charge in [-0.05, 0) is 56.2 Å². The van der Waals surface area contributed by atoms with Crippen molar-refractivity contribution in [1.82, 2.24) is 24.6 Å². The number of aromatic nitrogens is 4. The number of amides is 1. The topological polar surface area (TPSA) is 63.9 Å². The molecular weight excluding hydrogens is 478 g/mol. The van der Waals surface area contributed by atoms with Gasteiger partial charge >= 0.3 is 6.18 Å². The molecule has 1 aliphatic carbocycles. The number of carbonyl (C=O) groups excluding carboxylic acids is 1. The van der Waals surface area contributed by atoms with Crippen molar-refractivity contribution in [2.45, 2.75) is 36.8 Å². The monoisotopic (exact) mass is 497 g/mol. The van der Waals surface area contributed by atoms with Crippen LogP contribution in [-0.2, 0) is 6.18 Å². The number of aryl methyl sites for hydroxylation is 1. The lowest BCUT2D eigenvalue weighted by Crippen LogP contribution is -2.37. The Bertz CT molecular complexity index is 1170. The number of rotatable bonds is 6. The number of benzene rings is 1. The fourth-order valence-corrected chi connectivity index (χ4v) is 4.20. The Hall–Kier alpha value is -2.65. The van der Waals surface area contributed by atoms with Crippen LogP contribution in [0.2, 0.25) is 0 Å². The van der Waals surface area contributed by atoms with Crippen molar-refractivity contribution < 1.29 is 18.0 Å². The number of nitrogens with zero attached hydrogens (tertiary/aromatic N) is 5. The standard InChI is InChI=1S/C22H20Cl2F3N5O/c1-13-7-15(9-16(8-13)22(25,26)27)20(33)31(11-17-10-21(17,23)24)14(2)19-29-12-30-32(19)18-5-3-4-6-28-18/h3-9,12,14,17H,10-11H2,1-2H3. The minimum atomic E-state index is -4.57. The van der Waals surface area contributed by atoms with Gasteiger partial charge in [0.05, 0.1) is 11.6 Å². The van der Waals surface area contributed by atoms with E-state index in [1.165, 1.54) is 28.9 Å². The normalized spacial score (nSPS) is 18.1. The van der Waals surface area contributed by atoms with E-state index in [0.29, 0.717) is 23.6 Å². The predicted molar refractivity (Wildman–Crippen MR) is 117 cm³/mol. The van der Waals surface area contributed by atoms with E-state index in [-0.39, 0.29) is 18.0 Å². The highest BCUT2D eigenvalue weighted by Crippen LogP contribution is 2.54. The highest BCUT2D eigenvalue weighted by atomic mass is 35.5. The number of carbonyl (C=O) groups is 1. The maximum Gasteiger partial charge on any atom is 0.416 e. The summed E-state index contributed by atoms with van der Waals surface area (Å²) in [5.74, 6) is 0.101. The van der Waals surface area contributed by atoms with E-state index < -0.39 is 28.0 Å². The van der Waals surface area contributed by atoms with Crippen LogP contribution in [0, 0.1) is 12.8 Å². The molecule has 1 fully saturated rings. The summed E-state index contributed by atoms with van der Waals surface area (Å²) in [4.78, 5) is 23.5. The summed E-state index contributed by atoms with van der Waals surface area (Å²) in [6.07, 6.45) is -1.17. The van der Waals surface area contributed by atoms with Crippen molar-refractivity contribution in [2.75, 3.05) is 6.54 Å². The second-order valence-electron chi connectivity index (χ2n) is 8.10. The van der Waals surface area contributed by atoms with Gasteiger partial charge < -0.3 is 4.90 Å². The average molecular weight is 498 g/mol. The van der Waals surface area contributed by atoms with E-state index in [1.54, 1.807) is 31.3 Å². The molecule has 1 aliphatic rings. The third-order valence-corrected chi connectivity index (χ3v) is 6.49. The van der Waals surface area contributed by atoms with Crippen LogP contribution >= 0.6 is 23.2 Å². The molecule has 4 rings (SSSR count). The first-order valence-electron chi connectivity index (χ1n) is 10.2. The Balaban J connectivity index is 1.72. The van der Waals surface area contributed by atoms with E-state index in [2.05, 4.69) is 15.1 Å². The van der Waals surface area contributed by atoms with E-state index in [4.69, 9.17) is 23.2 Å². The highest BCUT2D eigenvalue weighted by Gasteiger charge is 2.53. The molecular formula is C22H20Cl2F3N5O. The predicted octanol–water partition coefficient (Wildman–Crippen LogP) is 5.39. The van der Waals surface area contributed by atoms with Crippen LogP contribution in [0.5, 0.6) is 0 Å². The summed E-state index contributed by atoms with van der Waals surface area (Å²) in [6.45, 7) is 3.40. The summed E-state index contributed by atoms with van der Waals surface area (Å²) in [5, 5.41) is 4.21. The number of hydrogen-bond donors (Lipinski definition) is 0. The zero-order valence-electron chi connectivity index (χ0n) is 17.7. The van der Waals surface area contributed by atoms with Crippen LogP contribution in [0.1, 0.15) is 46.7 Å². The Morgan fingerprint density at radius 1 is 1.27 bits per heavy atom. The zero-order valence-corrected chi connectivity index (χ0v) is 19.2. The van der Waals surface area contributed by atoms with Gasteiger partial charge in [0.25, 0.3) is 5.91 Å². The van der Waals surface area contributed by atoms with Crippen molar-refractivity contribution in [3.05, 3.63) is 71.4 Å². The molecule has 2 unspecified atom stereocenters. The fourth-order valence-electron chi connectivity index (χ4n) is 3.69. The molecule has 174 valence electrons. The lowest BCUT2D eigenvalue weighted by Gasteiger charge is -2.29. The molecule has 33 heavy (non-hydrogen) atoms. The van der Waals surface area contributed by atoms with Gasteiger partial charge in [0, 0.05) is 24.2 Å². The van der Waals surface area contributed by atoms with Crippen molar-refractivity contribution in [3.63, 3.8) is 0 Å². The number of hydrogen-bond acceptors (Lipinski definition) is 4. The van der Waals surface area contributed by atoms with Crippen LogP contribution in [-0.4, -0.2) is 41.4 Å². The van der Waals surface area contributed by atoms with Crippen LogP contribution < -0.4 is 0 Å². The number of halogens is 5. The third-order valence-electron chi connectivity index (χ3n) is 5.57. The second-order valence-corrected chi connectivity index (χ2v) is 9.64. The van der Waals surface area contributed by atoms with Gasteiger partial charge in [0.2, 0.25) is 0 Å². The van der Waals surface area contributed by atoms with E-state index >= 15 is 0 Å². The first-order valence-corrected chi connectivity index (χ1v) is 10.9. The summed E-state index contributed by atoms with van der Waals surface area (Å²) in [5.41, 5.74) is -0.632. The van der Waals surface area contributed by atoms with Crippen molar-refractivity contribution in [3.8, 4) is 5.82 Å². The molecule has 0 saturated heterocycles. The van der Waals surface area contributed by atoms with Crippen LogP contribution in [0.15, 0.2) is 48.9 Å². The quantitative estimate of drug-likeness (QED) is 0.428. The van der Waals surface area contributed by atoms with Gasteiger partial charge in [-0.25, -0.2) is 9.97 Å². The summed E-state index contributed by atoms with van der Waals surface area (Å²) in [7, 11) is 0. The largest absolute Gasteiger partial charge is 0.416 e. The fraction of sp³-hybridized carbons (Fsp3) is 0.364. The molecule has 0 radical (unpaired) electrons. The molecule has 2 aromatic heterocycles. The lowest BCUT2D eigenvalue weighted by molar-refractivity contribution is -0.137. The average Bonchev–Trinajstić information content (AvgIpc) is 3.13. The summed E-state index contributed by atoms with van der Waals surface area (Å²) >= 11 is 12.4. The molecule has 0 bridgehead atoms. The number of pyridine rings is 1. The molecule has 3 aromatic rings. The van der Waals surface area contributed by atoms with Crippen molar-refractivity contribution >= 4 is 29.1 Å². The van der Waals surface area contributed by atoms with Crippen molar-refractivity contribution in [1.29, 1.82) is 0 Å². The van der Waals surface area contributed by atoms with Crippen LogP contribution in [0.3, 0.4) is 0 Å². The van der Waals surface area contributed by atoms with Crippen molar-refractivity contribution in [2.24, 2.45) is 5.92 Å². The summed E-state index contributed by atoms with van der Waals surface area (Å²) in [6, 6.07) is 7.92. The van der Waals surface area contributed by atoms with E-state index in [1.807, 2.05) is 0 Å². The Labute approximate surface area is 198 Å². The first kappa shape index (κ1) is 23.5. The lowest BCUT2D eigenvalue weighted by atomic mass is 10.0. The third kappa shape index (κ3) is 4.99. The minimum absolute atomic E-state index is 0.0755. The smallest absolute Gasteiger partial charge is 0.328 e. The summed E-state index contributed by atoms with van der Waals surface area (Å²) < 4.78 is 40.6. The molecule has 6 nitrogen and oxygen atoms in total. The van der Waals surface area contributed by atoms with Gasteiger partial charge in [0.15, 0.2) is 11.6 Å². The van der Waals surface area contributed by atoms with Gasteiger partial charge in [-0.2, -0.15) is 23.0 Å². The van der Waals surface area contributed by atoms with Crippen LogP contribution in [0.25, 0.3) is 5.82 Å². The minimum Gasteiger partial charge on any atom is -0.328 e. The molecule has 0 spiro atoms. The van der Waals surface area contributed by atoms with E-state index in [0.717, 1.165) is 12.1 Å². The molecule has 2 atom stereocenters. The second kappa shape index (κ2) is 8.61. The SMILES string of the molecule is Cc1cc(C(=O)N(CC2CC2(Cl)Cl)C(C)c2ncnn2-c2ccccn2)cc(C(F)(F)F)c1. The molecule has 11 heteroatoms. The Kier molecular flexibility index (Phi) is 6.13. The molecule has 1 aromatic carbocycles.